The Hall–Kier alpha value is -2.41. The lowest BCUT2D eigenvalue weighted by Gasteiger charge is -2.22. The lowest BCUT2D eigenvalue weighted by molar-refractivity contribution is 0.0832. The highest BCUT2D eigenvalue weighted by Gasteiger charge is 2.23. The summed E-state index contributed by atoms with van der Waals surface area (Å²) in [6.45, 7) is 5.54. The largest absolute Gasteiger partial charge is 0.381 e. The van der Waals surface area contributed by atoms with Gasteiger partial charge in [0.15, 0.2) is 5.76 Å². The normalized spacial score (nSPS) is 15.9. The number of allylic oxidation sites excluding steroid dienone is 1. The molecule has 0 radical (unpaired) electrons. The quantitative estimate of drug-likeness (QED) is 0.911. The molecular formula is C17H22N4O3. The molecule has 0 spiro atoms. The van der Waals surface area contributed by atoms with E-state index in [9.17, 15) is 4.79 Å². The van der Waals surface area contributed by atoms with Crippen LogP contribution in [0.2, 0.25) is 0 Å². The molecule has 0 bridgehead atoms. The molecule has 1 aliphatic rings. The fraction of sp³-hybridized carbons (Fsp3) is 0.471. The van der Waals surface area contributed by atoms with Gasteiger partial charge in [-0.05, 0) is 26.7 Å². The molecule has 3 heterocycles. The molecule has 7 heteroatoms. The maximum Gasteiger partial charge on any atom is 0.270 e. The van der Waals surface area contributed by atoms with Crippen LogP contribution in [-0.2, 0) is 11.3 Å². The van der Waals surface area contributed by atoms with E-state index in [1.807, 2.05) is 30.7 Å². The molecule has 0 saturated carbocycles. The van der Waals surface area contributed by atoms with Crippen molar-refractivity contribution in [1.29, 1.82) is 0 Å². The van der Waals surface area contributed by atoms with Gasteiger partial charge in [-0.3, -0.25) is 9.36 Å². The number of ether oxygens (including phenoxy) is 1. The lowest BCUT2D eigenvalue weighted by Crippen LogP contribution is -2.25. The average molecular weight is 330 g/mol. The molecule has 1 fully saturated rings. The van der Waals surface area contributed by atoms with Crippen molar-refractivity contribution in [3.8, 4) is 0 Å². The van der Waals surface area contributed by atoms with Gasteiger partial charge in [-0.2, -0.15) is 0 Å². The Kier molecular flexibility index (Phi) is 5.10. The lowest BCUT2D eigenvalue weighted by atomic mass is 9.99. The molecular weight excluding hydrogens is 308 g/mol. The average Bonchev–Trinajstić information content (AvgIpc) is 3.20. The van der Waals surface area contributed by atoms with Crippen LogP contribution in [0, 0.1) is 6.92 Å². The van der Waals surface area contributed by atoms with E-state index >= 15 is 0 Å². The molecule has 2 aromatic heterocycles. The fourth-order valence-corrected chi connectivity index (χ4v) is 2.86. The predicted molar refractivity (Wildman–Crippen MR) is 88.4 cm³/mol. The third kappa shape index (κ3) is 3.56. The molecule has 0 unspecified atom stereocenters. The van der Waals surface area contributed by atoms with E-state index in [0.29, 0.717) is 23.9 Å². The number of carbonyl (C=O) groups is 1. The second kappa shape index (κ2) is 7.44. The molecule has 24 heavy (non-hydrogen) atoms. The number of nitrogens with one attached hydrogen (secondary N) is 1. The molecule has 7 nitrogen and oxygen atoms in total. The number of imidazole rings is 1. The minimum atomic E-state index is -0.187. The number of rotatable bonds is 5. The zero-order valence-electron chi connectivity index (χ0n) is 14.0. The van der Waals surface area contributed by atoms with Gasteiger partial charge in [0.1, 0.15) is 11.5 Å². The van der Waals surface area contributed by atoms with Crippen LogP contribution in [0.5, 0.6) is 0 Å². The molecule has 0 aliphatic carbocycles. The Morgan fingerprint density at radius 1 is 1.46 bits per heavy atom. The zero-order chi connectivity index (χ0) is 16.9. The van der Waals surface area contributed by atoms with Gasteiger partial charge < -0.3 is 14.6 Å². The number of hydrogen-bond acceptors (Lipinski definition) is 5. The van der Waals surface area contributed by atoms with Crippen molar-refractivity contribution in [3.05, 3.63) is 41.3 Å². The van der Waals surface area contributed by atoms with Gasteiger partial charge in [0, 0.05) is 31.4 Å². The predicted octanol–water partition coefficient (Wildman–Crippen LogP) is 2.49. The maximum absolute atomic E-state index is 12.5. The fourth-order valence-electron chi connectivity index (χ4n) is 2.86. The highest BCUT2D eigenvalue weighted by atomic mass is 16.5. The molecule has 1 aliphatic heterocycles. The highest BCUT2D eigenvalue weighted by Crippen LogP contribution is 2.27. The van der Waals surface area contributed by atoms with E-state index in [2.05, 4.69) is 15.5 Å². The summed E-state index contributed by atoms with van der Waals surface area (Å²) < 4.78 is 12.4. The summed E-state index contributed by atoms with van der Waals surface area (Å²) in [6, 6.07) is 1.80. The van der Waals surface area contributed by atoms with E-state index in [4.69, 9.17) is 9.26 Å². The first-order valence-corrected chi connectivity index (χ1v) is 8.17. The van der Waals surface area contributed by atoms with Gasteiger partial charge >= 0.3 is 0 Å². The summed E-state index contributed by atoms with van der Waals surface area (Å²) in [6.07, 6.45) is 7.26. The van der Waals surface area contributed by atoms with Crippen molar-refractivity contribution in [2.24, 2.45) is 0 Å². The number of aromatic nitrogens is 3. The first kappa shape index (κ1) is 16.4. The second-order valence-electron chi connectivity index (χ2n) is 5.86. The van der Waals surface area contributed by atoms with Gasteiger partial charge in [-0.25, -0.2) is 4.98 Å². The number of nitrogens with zero attached hydrogens (tertiary/aromatic N) is 3. The minimum absolute atomic E-state index is 0.187. The first-order valence-electron chi connectivity index (χ1n) is 8.17. The molecule has 3 rings (SSSR count). The third-order valence-electron chi connectivity index (χ3n) is 4.04. The maximum atomic E-state index is 12.5. The van der Waals surface area contributed by atoms with Gasteiger partial charge in [0.25, 0.3) is 5.91 Å². The Bertz CT molecular complexity index is 726. The van der Waals surface area contributed by atoms with Crippen LogP contribution >= 0.6 is 0 Å². The molecule has 0 aromatic carbocycles. The molecule has 1 saturated heterocycles. The van der Waals surface area contributed by atoms with Crippen molar-refractivity contribution < 1.29 is 14.1 Å². The minimum Gasteiger partial charge on any atom is -0.381 e. The van der Waals surface area contributed by atoms with Crippen LogP contribution in [0.1, 0.15) is 53.5 Å². The summed E-state index contributed by atoms with van der Waals surface area (Å²) in [5.74, 6) is 1.67. The molecule has 2 aromatic rings. The molecule has 1 amide bonds. The summed E-state index contributed by atoms with van der Waals surface area (Å²) in [4.78, 5) is 17.0. The second-order valence-corrected chi connectivity index (χ2v) is 5.86. The van der Waals surface area contributed by atoms with E-state index in [0.717, 1.165) is 37.6 Å². The Morgan fingerprint density at radius 3 is 2.92 bits per heavy atom. The van der Waals surface area contributed by atoms with E-state index in [1.54, 1.807) is 12.3 Å². The first-order chi connectivity index (χ1) is 11.7. The van der Waals surface area contributed by atoms with Crippen LogP contribution < -0.4 is 5.32 Å². The number of carbonyl (C=O) groups excluding carboxylic acids is 1. The van der Waals surface area contributed by atoms with Crippen LogP contribution in [0.3, 0.4) is 0 Å². The van der Waals surface area contributed by atoms with Crippen LogP contribution in [-0.4, -0.2) is 33.8 Å². The monoisotopic (exact) mass is 330 g/mol. The number of hydrogen-bond donors (Lipinski definition) is 1. The Balaban J connectivity index is 1.76. The van der Waals surface area contributed by atoms with Gasteiger partial charge in [0.05, 0.1) is 18.4 Å². The summed E-state index contributed by atoms with van der Waals surface area (Å²) >= 11 is 0. The molecule has 0 atom stereocenters. The van der Waals surface area contributed by atoms with E-state index < -0.39 is 0 Å². The van der Waals surface area contributed by atoms with Crippen LogP contribution in [0.15, 0.2) is 22.9 Å². The van der Waals surface area contributed by atoms with Crippen molar-refractivity contribution in [2.45, 2.75) is 39.2 Å². The third-order valence-corrected chi connectivity index (χ3v) is 4.04. The summed E-state index contributed by atoms with van der Waals surface area (Å²) in [5, 5.41) is 6.66. The van der Waals surface area contributed by atoms with Crippen molar-refractivity contribution in [1.82, 2.24) is 20.0 Å². The summed E-state index contributed by atoms with van der Waals surface area (Å²) in [5.41, 5.74) is 1.31. The number of aryl methyl sites for hydroxylation is 1. The molecule has 1 N–H and O–H groups in total. The van der Waals surface area contributed by atoms with Gasteiger partial charge in [-0.15, -0.1) is 0 Å². The van der Waals surface area contributed by atoms with Crippen molar-refractivity contribution in [2.75, 3.05) is 13.2 Å². The summed E-state index contributed by atoms with van der Waals surface area (Å²) in [7, 11) is 0. The standard InChI is InChI=1S/C17H22N4O3/c1-3-6-21-15(11-18-16(21)13-4-7-23-8-5-13)17(22)19-10-14-9-12(2)20-24-14/h3,6,9,11,13H,4-5,7-8,10H2,1-2H3,(H,19,22)/b6-3+. The van der Waals surface area contributed by atoms with E-state index in [1.165, 1.54) is 0 Å². The SMILES string of the molecule is C/C=C/n1c(C(=O)NCc2cc(C)no2)cnc1C1CCOCC1. The van der Waals surface area contributed by atoms with E-state index in [-0.39, 0.29) is 5.91 Å². The molecule has 128 valence electrons. The number of amides is 1. The van der Waals surface area contributed by atoms with Gasteiger partial charge in [-0.1, -0.05) is 11.2 Å². The van der Waals surface area contributed by atoms with Crippen molar-refractivity contribution in [3.63, 3.8) is 0 Å². The Labute approximate surface area is 140 Å². The van der Waals surface area contributed by atoms with Crippen LogP contribution in [0.25, 0.3) is 6.20 Å². The van der Waals surface area contributed by atoms with Crippen LogP contribution in [0.4, 0.5) is 0 Å². The highest BCUT2D eigenvalue weighted by molar-refractivity contribution is 5.93. The van der Waals surface area contributed by atoms with Gasteiger partial charge in [0.2, 0.25) is 0 Å². The Morgan fingerprint density at radius 2 is 2.25 bits per heavy atom. The smallest absolute Gasteiger partial charge is 0.270 e. The topological polar surface area (TPSA) is 82.2 Å². The van der Waals surface area contributed by atoms with Crippen molar-refractivity contribution >= 4 is 12.1 Å². The zero-order valence-corrected chi connectivity index (χ0v) is 14.0.